The van der Waals surface area contributed by atoms with Crippen LogP contribution in [0.3, 0.4) is 0 Å². The third kappa shape index (κ3) is 6.23. The van der Waals surface area contributed by atoms with Gasteiger partial charge in [-0.25, -0.2) is 18.4 Å². The van der Waals surface area contributed by atoms with Gasteiger partial charge in [0.2, 0.25) is 15.0 Å². The van der Waals surface area contributed by atoms with Crippen molar-refractivity contribution >= 4 is 15.7 Å². The maximum absolute atomic E-state index is 14.4. The highest BCUT2D eigenvalue weighted by Gasteiger charge is 2.43. The van der Waals surface area contributed by atoms with Crippen molar-refractivity contribution in [3.8, 4) is 17.0 Å². The Kier molecular flexibility index (Phi) is 7.39. The van der Waals surface area contributed by atoms with Crippen LogP contribution < -0.4 is 4.74 Å². The van der Waals surface area contributed by atoms with Crippen molar-refractivity contribution in [2.24, 2.45) is 0 Å². The molecule has 1 aromatic carbocycles. The zero-order valence-electron chi connectivity index (χ0n) is 22.0. The Bertz CT molecular complexity index is 1330. The zero-order valence-corrected chi connectivity index (χ0v) is 22.8. The lowest BCUT2D eigenvalue weighted by Gasteiger charge is -2.38. The molecule has 0 radical (unpaired) electrons. The molecule has 1 fully saturated rings. The van der Waals surface area contributed by atoms with Crippen LogP contribution in [0.25, 0.3) is 11.3 Å². The molecule has 2 heterocycles. The Labute approximate surface area is 221 Å². The van der Waals surface area contributed by atoms with Crippen molar-refractivity contribution in [2.45, 2.75) is 50.3 Å². The van der Waals surface area contributed by atoms with Gasteiger partial charge in [0, 0.05) is 50.0 Å². The number of hydrogen-bond donors (Lipinski definition) is 0. The predicted molar refractivity (Wildman–Crippen MR) is 136 cm³/mol. The van der Waals surface area contributed by atoms with Gasteiger partial charge in [0.05, 0.1) is 5.69 Å². The third-order valence-corrected chi connectivity index (χ3v) is 7.10. The van der Waals surface area contributed by atoms with Crippen LogP contribution in [0.1, 0.15) is 38.4 Å². The van der Waals surface area contributed by atoms with Crippen molar-refractivity contribution in [2.75, 3.05) is 39.0 Å². The number of fused-ring (bicyclic) bond motifs is 1. The summed E-state index contributed by atoms with van der Waals surface area (Å²) in [4.78, 5) is 24.2. The first-order valence-corrected chi connectivity index (χ1v) is 14.2. The second-order valence-electron chi connectivity index (χ2n) is 10.4. The van der Waals surface area contributed by atoms with Gasteiger partial charge in [-0.2, -0.15) is 8.78 Å². The third-order valence-electron chi connectivity index (χ3n) is 6.25. The van der Waals surface area contributed by atoms with Gasteiger partial charge < -0.3 is 19.3 Å². The maximum atomic E-state index is 14.4. The van der Waals surface area contributed by atoms with Gasteiger partial charge in [-0.05, 0) is 58.0 Å². The molecule has 1 saturated heterocycles. The molecule has 0 bridgehead atoms. The first kappa shape index (κ1) is 27.7. The first-order chi connectivity index (χ1) is 17.6. The summed E-state index contributed by atoms with van der Waals surface area (Å²) in [6.07, 6.45) is 0.472. The molecule has 12 heteroatoms. The van der Waals surface area contributed by atoms with Crippen molar-refractivity contribution in [3.63, 3.8) is 0 Å². The summed E-state index contributed by atoms with van der Waals surface area (Å²) in [6.45, 7) is 11.9. The van der Waals surface area contributed by atoms with E-state index >= 15 is 0 Å². The Morgan fingerprint density at radius 3 is 2.26 bits per heavy atom. The molecule has 2 aromatic rings. The average molecular weight is 551 g/mol. The number of hydrogen-bond acceptors (Lipinski definition) is 8. The first-order valence-electron chi connectivity index (χ1n) is 12.3. The van der Waals surface area contributed by atoms with Crippen LogP contribution in [0.2, 0.25) is 0 Å². The quantitative estimate of drug-likeness (QED) is 0.382. The van der Waals surface area contributed by atoms with E-state index in [1.165, 1.54) is 0 Å². The molecule has 1 aromatic heterocycles. The number of rotatable bonds is 7. The number of amides is 1. The van der Waals surface area contributed by atoms with Crippen molar-refractivity contribution < 1.29 is 31.5 Å². The summed E-state index contributed by atoms with van der Waals surface area (Å²) in [6, 6.07) is 6.39. The number of alkyl halides is 2. The van der Waals surface area contributed by atoms with Gasteiger partial charge in [0.1, 0.15) is 17.0 Å². The number of carbonyl (C=O) groups is 1. The Hall–Kier alpha value is -3.28. The highest BCUT2D eigenvalue weighted by atomic mass is 32.2. The molecule has 4 rings (SSSR count). The van der Waals surface area contributed by atoms with Crippen LogP contribution in [-0.2, 0) is 31.7 Å². The van der Waals surface area contributed by atoms with Crippen LogP contribution in [0.5, 0.6) is 5.75 Å². The fourth-order valence-corrected chi connectivity index (χ4v) is 4.89. The van der Waals surface area contributed by atoms with E-state index in [9.17, 15) is 22.0 Å². The van der Waals surface area contributed by atoms with E-state index in [4.69, 9.17) is 9.47 Å². The number of sulfone groups is 1. The Morgan fingerprint density at radius 1 is 1.08 bits per heavy atom. The van der Waals surface area contributed by atoms with E-state index in [-0.39, 0.29) is 35.8 Å². The fourth-order valence-electron chi connectivity index (χ4n) is 4.38. The molecule has 9 nitrogen and oxygen atoms in total. The van der Waals surface area contributed by atoms with Gasteiger partial charge in [-0.1, -0.05) is 0 Å². The second kappa shape index (κ2) is 10.1. The molecular weight excluding hydrogens is 518 g/mol. The minimum absolute atomic E-state index is 0.0391. The standard InChI is InChI=1S/C26H32F2N4O5S/c1-17(37-25(2,3)4)31-12-14-32(15-13-31)21(33)16-36-19-8-6-18(7-9-19)22-20-10-11-26(27,28)23(20)30-24(29-22)38(5,34)35/h6-9H,1,10-16H2,2-5H3. The summed E-state index contributed by atoms with van der Waals surface area (Å²) < 4.78 is 64.3. The monoisotopic (exact) mass is 550 g/mol. The number of carbonyl (C=O) groups excluding carboxylic acids is 1. The summed E-state index contributed by atoms with van der Waals surface area (Å²) in [5, 5.41) is -0.632. The van der Waals surface area contributed by atoms with E-state index in [0.717, 1.165) is 6.26 Å². The summed E-state index contributed by atoms with van der Waals surface area (Å²) >= 11 is 0. The molecule has 0 unspecified atom stereocenters. The molecule has 38 heavy (non-hydrogen) atoms. The molecule has 1 amide bonds. The van der Waals surface area contributed by atoms with Crippen molar-refractivity contribution in [3.05, 3.63) is 48.0 Å². The molecule has 0 spiro atoms. The van der Waals surface area contributed by atoms with Gasteiger partial charge >= 0.3 is 0 Å². The van der Waals surface area contributed by atoms with Crippen LogP contribution in [0.15, 0.2) is 41.9 Å². The minimum atomic E-state index is -3.90. The SMILES string of the molecule is C=C(OC(C)(C)C)N1CCN(C(=O)COc2ccc(-c3nc(S(C)(=O)=O)nc4c3CCC4(F)F)cc2)CC1. The molecule has 0 N–H and O–H groups in total. The minimum Gasteiger partial charge on any atom is -0.484 e. The number of nitrogens with zero attached hydrogens (tertiary/aromatic N) is 4. The highest BCUT2D eigenvalue weighted by Crippen LogP contribution is 2.44. The lowest BCUT2D eigenvalue weighted by molar-refractivity contribution is -0.135. The molecule has 206 valence electrons. The normalized spacial score (nSPS) is 17.2. The molecule has 0 atom stereocenters. The summed E-state index contributed by atoms with van der Waals surface area (Å²) in [5.74, 6) is -2.38. The van der Waals surface area contributed by atoms with Crippen LogP contribution in [0, 0.1) is 0 Å². The van der Waals surface area contributed by atoms with Crippen molar-refractivity contribution in [1.29, 1.82) is 0 Å². The fraction of sp³-hybridized carbons (Fsp3) is 0.500. The van der Waals surface area contributed by atoms with E-state index in [0.29, 0.717) is 43.4 Å². The number of ether oxygens (including phenoxy) is 2. The largest absolute Gasteiger partial charge is 0.484 e. The summed E-state index contributed by atoms with van der Waals surface area (Å²) in [7, 11) is -3.90. The molecule has 1 aliphatic carbocycles. The van der Waals surface area contributed by atoms with E-state index in [1.807, 2.05) is 25.7 Å². The smallest absolute Gasteiger partial charge is 0.290 e. The van der Waals surface area contributed by atoms with Crippen LogP contribution in [-0.4, -0.2) is 78.7 Å². The van der Waals surface area contributed by atoms with Gasteiger partial charge in [-0.3, -0.25) is 4.79 Å². The second-order valence-corrected chi connectivity index (χ2v) is 12.4. The average Bonchev–Trinajstić information content (AvgIpc) is 3.15. The predicted octanol–water partition coefficient (Wildman–Crippen LogP) is 3.39. The molecular formula is C26H32F2N4O5S. The van der Waals surface area contributed by atoms with Gasteiger partial charge in [-0.15, -0.1) is 0 Å². The Morgan fingerprint density at radius 2 is 1.68 bits per heavy atom. The number of aromatic nitrogens is 2. The number of halogens is 2. The van der Waals surface area contributed by atoms with Gasteiger partial charge in [0.15, 0.2) is 12.5 Å². The molecule has 2 aliphatic rings. The number of piperazine rings is 1. The Balaban J connectivity index is 1.39. The van der Waals surface area contributed by atoms with E-state index in [2.05, 4.69) is 16.5 Å². The highest BCUT2D eigenvalue weighted by molar-refractivity contribution is 7.90. The topological polar surface area (TPSA) is 102 Å². The van der Waals surface area contributed by atoms with E-state index < -0.39 is 33.0 Å². The molecule has 1 aliphatic heterocycles. The van der Waals surface area contributed by atoms with Crippen LogP contribution in [0.4, 0.5) is 8.78 Å². The van der Waals surface area contributed by atoms with Crippen LogP contribution >= 0.6 is 0 Å². The lowest BCUT2D eigenvalue weighted by atomic mass is 10.1. The van der Waals surface area contributed by atoms with Crippen molar-refractivity contribution in [1.82, 2.24) is 19.8 Å². The number of benzene rings is 1. The van der Waals surface area contributed by atoms with E-state index in [1.54, 1.807) is 29.2 Å². The van der Waals surface area contributed by atoms with Gasteiger partial charge in [0.25, 0.3) is 11.8 Å². The maximum Gasteiger partial charge on any atom is 0.290 e. The zero-order chi connectivity index (χ0) is 27.9. The molecule has 0 saturated carbocycles. The lowest BCUT2D eigenvalue weighted by Crippen LogP contribution is -2.50. The summed E-state index contributed by atoms with van der Waals surface area (Å²) in [5.41, 5.74) is -0.0329.